The standard InChI is InChI=1S/C25H27N5O2S/c1-16-5-8-23(20(11-16)13-26)30-10-9-22-21(14-30)25(28-15-27-22)29-18(3)19-7-6-17(2)24(12-19)33(4,31)32/h5-8,11-12,15,18H,9-10,14H2,1-4H3,(H,27,28,29)/t18-/m0/s1. The lowest BCUT2D eigenvalue weighted by atomic mass is 10.0. The zero-order valence-corrected chi connectivity index (χ0v) is 20.1. The highest BCUT2D eigenvalue weighted by molar-refractivity contribution is 7.90. The molecule has 170 valence electrons. The van der Waals surface area contributed by atoms with Gasteiger partial charge in [-0.05, 0) is 55.7 Å². The Balaban J connectivity index is 1.63. The first-order valence-electron chi connectivity index (χ1n) is 10.8. The van der Waals surface area contributed by atoms with Crippen LogP contribution < -0.4 is 10.2 Å². The zero-order chi connectivity index (χ0) is 23.8. The van der Waals surface area contributed by atoms with E-state index in [1.165, 1.54) is 6.26 Å². The summed E-state index contributed by atoms with van der Waals surface area (Å²) in [5, 5.41) is 13.1. The van der Waals surface area contributed by atoms with E-state index in [9.17, 15) is 13.7 Å². The van der Waals surface area contributed by atoms with Crippen LogP contribution in [0.4, 0.5) is 11.5 Å². The molecule has 2 aromatic carbocycles. The molecule has 0 spiro atoms. The highest BCUT2D eigenvalue weighted by Gasteiger charge is 2.24. The Morgan fingerprint density at radius 3 is 2.67 bits per heavy atom. The number of hydrogen-bond donors (Lipinski definition) is 1. The molecule has 0 saturated carbocycles. The Kier molecular flexibility index (Phi) is 6.09. The maximum absolute atomic E-state index is 12.2. The van der Waals surface area contributed by atoms with E-state index in [4.69, 9.17) is 0 Å². The topological polar surface area (TPSA) is 99.0 Å². The van der Waals surface area contributed by atoms with E-state index in [1.807, 2.05) is 44.2 Å². The summed E-state index contributed by atoms with van der Waals surface area (Å²) >= 11 is 0. The predicted octanol–water partition coefficient (Wildman–Crippen LogP) is 4.10. The van der Waals surface area contributed by atoms with E-state index in [2.05, 4.69) is 26.3 Å². The number of sulfone groups is 1. The molecular weight excluding hydrogens is 434 g/mol. The fourth-order valence-corrected chi connectivity index (χ4v) is 5.26. The maximum Gasteiger partial charge on any atom is 0.175 e. The van der Waals surface area contributed by atoms with Gasteiger partial charge >= 0.3 is 0 Å². The van der Waals surface area contributed by atoms with Crippen LogP contribution in [0.25, 0.3) is 0 Å². The molecule has 0 aliphatic carbocycles. The quantitative estimate of drug-likeness (QED) is 0.610. The van der Waals surface area contributed by atoms with Crippen LogP contribution in [-0.2, 0) is 22.8 Å². The van der Waals surface area contributed by atoms with Gasteiger partial charge in [-0.1, -0.05) is 18.2 Å². The molecule has 2 heterocycles. The fourth-order valence-electron chi connectivity index (χ4n) is 4.26. The van der Waals surface area contributed by atoms with Crippen LogP contribution in [0.2, 0.25) is 0 Å². The summed E-state index contributed by atoms with van der Waals surface area (Å²) in [5.74, 6) is 0.726. The number of aromatic nitrogens is 2. The summed E-state index contributed by atoms with van der Waals surface area (Å²) in [4.78, 5) is 11.5. The minimum Gasteiger partial charge on any atom is -0.366 e. The molecule has 0 fully saturated rings. The lowest BCUT2D eigenvalue weighted by Crippen LogP contribution is -2.32. The molecule has 1 aliphatic heterocycles. The molecule has 0 amide bonds. The molecule has 0 saturated heterocycles. The molecule has 33 heavy (non-hydrogen) atoms. The molecule has 0 radical (unpaired) electrons. The Labute approximate surface area is 195 Å². The van der Waals surface area contributed by atoms with Crippen molar-refractivity contribution in [2.24, 2.45) is 0 Å². The summed E-state index contributed by atoms with van der Waals surface area (Å²) in [5.41, 5.74) is 6.21. The average molecular weight is 462 g/mol. The van der Waals surface area contributed by atoms with Crippen molar-refractivity contribution >= 4 is 21.3 Å². The van der Waals surface area contributed by atoms with Gasteiger partial charge < -0.3 is 10.2 Å². The highest BCUT2D eigenvalue weighted by Crippen LogP contribution is 2.31. The van der Waals surface area contributed by atoms with Crippen molar-refractivity contribution in [3.63, 3.8) is 0 Å². The van der Waals surface area contributed by atoms with Crippen molar-refractivity contribution in [3.8, 4) is 6.07 Å². The van der Waals surface area contributed by atoms with Crippen LogP contribution in [0.3, 0.4) is 0 Å². The number of aryl methyl sites for hydroxylation is 2. The number of nitrogens with zero attached hydrogens (tertiary/aromatic N) is 4. The SMILES string of the molecule is Cc1ccc(N2CCc3ncnc(N[C@@H](C)c4ccc(C)c(S(C)(=O)=O)c4)c3C2)c(C#N)c1. The van der Waals surface area contributed by atoms with Crippen LogP contribution in [0, 0.1) is 25.2 Å². The second-order valence-corrected chi connectivity index (χ2v) is 10.6. The van der Waals surface area contributed by atoms with Crippen LogP contribution in [0.1, 0.15) is 46.5 Å². The first-order chi connectivity index (χ1) is 15.7. The first-order valence-corrected chi connectivity index (χ1v) is 12.7. The number of rotatable bonds is 5. The second kappa shape index (κ2) is 8.83. The van der Waals surface area contributed by atoms with Gasteiger partial charge in [0.1, 0.15) is 18.2 Å². The average Bonchev–Trinajstić information content (AvgIpc) is 2.78. The number of benzene rings is 2. The molecular formula is C25H27N5O2S. The van der Waals surface area contributed by atoms with E-state index >= 15 is 0 Å². The molecule has 1 N–H and O–H groups in total. The van der Waals surface area contributed by atoms with E-state index in [1.54, 1.807) is 19.3 Å². The summed E-state index contributed by atoms with van der Waals surface area (Å²) in [6, 6.07) is 13.6. The lowest BCUT2D eigenvalue weighted by molar-refractivity contribution is 0.601. The molecule has 7 nitrogen and oxygen atoms in total. The molecule has 0 bridgehead atoms. The molecule has 3 aromatic rings. The van der Waals surface area contributed by atoms with Gasteiger partial charge in [-0.15, -0.1) is 0 Å². The van der Waals surface area contributed by atoms with Crippen LogP contribution >= 0.6 is 0 Å². The lowest BCUT2D eigenvalue weighted by Gasteiger charge is -2.32. The number of hydrogen-bond acceptors (Lipinski definition) is 7. The van der Waals surface area contributed by atoms with E-state index in [0.717, 1.165) is 52.4 Å². The molecule has 1 aromatic heterocycles. The summed E-state index contributed by atoms with van der Waals surface area (Å²) < 4.78 is 24.3. The van der Waals surface area contributed by atoms with Gasteiger partial charge in [0.15, 0.2) is 9.84 Å². The van der Waals surface area contributed by atoms with Crippen molar-refractivity contribution in [2.75, 3.05) is 23.0 Å². The van der Waals surface area contributed by atoms with Gasteiger partial charge in [-0.25, -0.2) is 18.4 Å². The van der Waals surface area contributed by atoms with Gasteiger partial charge in [0.2, 0.25) is 0 Å². The Morgan fingerprint density at radius 1 is 1.15 bits per heavy atom. The van der Waals surface area contributed by atoms with Crippen molar-refractivity contribution in [1.82, 2.24) is 9.97 Å². The molecule has 1 aliphatic rings. The van der Waals surface area contributed by atoms with Gasteiger partial charge in [0.05, 0.1) is 21.8 Å². The summed E-state index contributed by atoms with van der Waals surface area (Å²) in [6.45, 7) is 7.12. The number of fused-ring (bicyclic) bond motifs is 1. The Morgan fingerprint density at radius 2 is 1.94 bits per heavy atom. The third-order valence-electron chi connectivity index (χ3n) is 6.08. The molecule has 8 heteroatoms. The van der Waals surface area contributed by atoms with E-state index < -0.39 is 9.84 Å². The van der Waals surface area contributed by atoms with Gasteiger partial charge in [0.25, 0.3) is 0 Å². The molecule has 1 atom stereocenters. The minimum atomic E-state index is -3.31. The smallest absolute Gasteiger partial charge is 0.175 e. The Hall–Kier alpha value is -3.44. The van der Waals surface area contributed by atoms with Crippen molar-refractivity contribution in [3.05, 3.63) is 76.2 Å². The summed E-state index contributed by atoms with van der Waals surface area (Å²) in [7, 11) is -3.31. The molecule has 4 rings (SSSR count). The second-order valence-electron chi connectivity index (χ2n) is 8.61. The van der Waals surface area contributed by atoms with Crippen molar-refractivity contribution < 1.29 is 8.42 Å². The third-order valence-corrected chi connectivity index (χ3v) is 7.32. The Bertz CT molecular complexity index is 1360. The number of nitrogens with one attached hydrogen (secondary N) is 1. The van der Waals surface area contributed by atoms with Gasteiger partial charge in [0, 0.05) is 37.4 Å². The minimum absolute atomic E-state index is 0.158. The number of anilines is 2. The van der Waals surface area contributed by atoms with Crippen LogP contribution in [-0.4, -0.2) is 31.2 Å². The largest absolute Gasteiger partial charge is 0.366 e. The first kappa shape index (κ1) is 22.7. The summed E-state index contributed by atoms with van der Waals surface area (Å²) in [6.07, 6.45) is 3.54. The molecule has 0 unspecified atom stereocenters. The van der Waals surface area contributed by atoms with Crippen molar-refractivity contribution in [1.29, 1.82) is 5.26 Å². The van der Waals surface area contributed by atoms with Crippen LogP contribution in [0.15, 0.2) is 47.6 Å². The zero-order valence-electron chi connectivity index (χ0n) is 19.3. The predicted molar refractivity (Wildman–Crippen MR) is 129 cm³/mol. The third kappa shape index (κ3) is 4.69. The normalized spacial score (nSPS) is 14.3. The van der Waals surface area contributed by atoms with Crippen LogP contribution in [0.5, 0.6) is 0 Å². The van der Waals surface area contributed by atoms with Gasteiger partial charge in [-0.2, -0.15) is 5.26 Å². The van der Waals surface area contributed by atoms with E-state index in [-0.39, 0.29) is 6.04 Å². The maximum atomic E-state index is 12.2. The monoisotopic (exact) mass is 461 g/mol. The highest BCUT2D eigenvalue weighted by atomic mass is 32.2. The van der Waals surface area contributed by atoms with Gasteiger partial charge in [-0.3, -0.25) is 0 Å². The fraction of sp³-hybridized carbons (Fsp3) is 0.320. The van der Waals surface area contributed by atoms with E-state index in [0.29, 0.717) is 17.0 Å². The van der Waals surface area contributed by atoms with Crippen molar-refractivity contribution in [2.45, 2.75) is 44.7 Å². The number of nitriles is 1.